The molecule has 10 heteroatoms. The average molecular weight is 417 g/mol. The summed E-state index contributed by atoms with van der Waals surface area (Å²) in [4.78, 5) is 24.8. The number of amides is 1. The van der Waals surface area contributed by atoms with Crippen molar-refractivity contribution in [1.29, 1.82) is 0 Å². The molecule has 0 aromatic carbocycles. The van der Waals surface area contributed by atoms with Crippen LogP contribution in [-0.2, 0) is 19.6 Å². The van der Waals surface area contributed by atoms with Crippen LogP contribution in [0, 0.1) is 5.92 Å². The van der Waals surface area contributed by atoms with E-state index in [0.29, 0.717) is 17.7 Å². The quantitative estimate of drug-likeness (QED) is 0.642. The predicted molar refractivity (Wildman–Crippen MR) is 99.2 cm³/mol. The van der Waals surface area contributed by atoms with E-state index < -0.39 is 33.4 Å². The highest BCUT2D eigenvalue weighted by atomic mass is 32.2. The molecule has 2 unspecified atom stereocenters. The fraction of sp³-hybridized carbons (Fsp3) is 0.647. The molecule has 2 atom stereocenters. The highest BCUT2D eigenvalue weighted by Crippen LogP contribution is 2.43. The number of carbonyl (C=O) groups excluding carboxylic acids is 2. The van der Waals surface area contributed by atoms with Gasteiger partial charge in [-0.2, -0.15) is 4.31 Å². The standard InChI is InChI=1S/C17H24N2O6S2/c1-9(10(2)15(20)17(22)4-5-17)14-12(16(18)21)6-13(26-14)27(23,24)19-7-11(8-19)25-3/h6,9-11,22H,4-5,7-8H2,1-3H3,(H2,18,21). The molecule has 27 heavy (non-hydrogen) atoms. The second-order valence-electron chi connectivity index (χ2n) is 7.36. The SMILES string of the molecule is COC1CN(S(=O)(=O)c2cc(C(N)=O)c(C(C)C(C)C(=O)C3(O)CC3)s2)C1. The first kappa shape index (κ1) is 20.4. The largest absolute Gasteiger partial charge is 0.382 e. The number of carbonyl (C=O) groups is 2. The van der Waals surface area contributed by atoms with E-state index in [1.165, 1.54) is 17.5 Å². The van der Waals surface area contributed by atoms with Gasteiger partial charge in [0.05, 0.1) is 11.7 Å². The Morgan fingerprint density at radius 3 is 2.44 bits per heavy atom. The van der Waals surface area contributed by atoms with Crippen molar-refractivity contribution in [2.45, 2.75) is 48.5 Å². The Morgan fingerprint density at radius 2 is 1.96 bits per heavy atom. The molecule has 1 aliphatic carbocycles. The van der Waals surface area contributed by atoms with Crippen LogP contribution >= 0.6 is 11.3 Å². The number of methoxy groups -OCH3 is 1. The van der Waals surface area contributed by atoms with Gasteiger partial charge in [-0.1, -0.05) is 13.8 Å². The van der Waals surface area contributed by atoms with Gasteiger partial charge in [-0.15, -0.1) is 11.3 Å². The third kappa shape index (κ3) is 3.56. The van der Waals surface area contributed by atoms with Gasteiger partial charge in [0.25, 0.3) is 10.0 Å². The van der Waals surface area contributed by atoms with Crippen LogP contribution in [0.2, 0.25) is 0 Å². The van der Waals surface area contributed by atoms with Crippen molar-refractivity contribution in [1.82, 2.24) is 4.31 Å². The molecule has 1 aromatic heterocycles. The topological polar surface area (TPSA) is 127 Å². The fourth-order valence-corrected chi connectivity index (χ4v) is 6.46. The lowest BCUT2D eigenvalue weighted by Gasteiger charge is -2.36. The summed E-state index contributed by atoms with van der Waals surface area (Å²) in [6.07, 6.45) is 0.738. The first-order valence-electron chi connectivity index (χ1n) is 8.74. The molecular formula is C17H24N2O6S2. The van der Waals surface area contributed by atoms with Crippen molar-refractivity contribution in [3.05, 3.63) is 16.5 Å². The van der Waals surface area contributed by atoms with Crippen molar-refractivity contribution in [3.63, 3.8) is 0 Å². The van der Waals surface area contributed by atoms with E-state index in [0.717, 1.165) is 11.3 Å². The Balaban J connectivity index is 1.89. The molecule has 150 valence electrons. The molecule has 2 aliphatic rings. The van der Waals surface area contributed by atoms with Crippen LogP contribution in [0.3, 0.4) is 0 Å². The zero-order chi connectivity index (χ0) is 20.1. The zero-order valence-corrected chi connectivity index (χ0v) is 17.1. The third-order valence-electron chi connectivity index (χ3n) is 5.51. The minimum Gasteiger partial charge on any atom is -0.382 e. The highest BCUT2D eigenvalue weighted by molar-refractivity contribution is 7.91. The van der Waals surface area contributed by atoms with Gasteiger partial charge in [0, 0.05) is 36.9 Å². The monoisotopic (exact) mass is 416 g/mol. The van der Waals surface area contributed by atoms with Gasteiger partial charge in [-0.05, 0) is 18.9 Å². The van der Waals surface area contributed by atoms with Crippen LogP contribution in [0.1, 0.15) is 47.8 Å². The molecule has 2 heterocycles. The van der Waals surface area contributed by atoms with Gasteiger partial charge in [0.2, 0.25) is 5.91 Å². The van der Waals surface area contributed by atoms with E-state index in [9.17, 15) is 23.1 Å². The van der Waals surface area contributed by atoms with Gasteiger partial charge in [0.15, 0.2) is 5.78 Å². The molecule has 1 aliphatic heterocycles. The van der Waals surface area contributed by atoms with Gasteiger partial charge in [0.1, 0.15) is 9.81 Å². The van der Waals surface area contributed by atoms with Crippen molar-refractivity contribution >= 4 is 33.1 Å². The molecule has 3 N–H and O–H groups in total. The number of nitrogens with zero attached hydrogens (tertiary/aromatic N) is 1. The van der Waals surface area contributed by atoms with Crippen LogP contribution in [0.5, 0.6) is 0 Å². The Hall–Kier alpha value is -1.33. The van der Waals surface area contributed by atoms with Crippen molar-refractivity contribution < 1.29 is 27.9 Å². The Kier molecular flexibility index (Phi) is 5.23. The molecule has 0 spiro atoms. The second-order valence-corrected chi connectivity index (χ2v) is 10.6. The molecule has 0 radical (unpaired) electrons. The van der Waals surface area contributed by atoms with E-state index in [1.54, 1.807) is 13.8 Å². The first-order valence-corrected chi connectivity index (χ1v) is 11.0. The summed E-state index contributed by atoms with van der Waals surface area (Å²) >= 11 is 0.961. The zero-order valence-electron chi connectivity index (χ0n) is 15.5. The Bertz CT molecular complexity index is 868. The van der Waals surface area contributed by atoms with E-state index >= 15 is 0 Å². The lowest BCUT2D eigenvalue weighted by Crippen LogP contribution is -2.54. The molecule has 3 rings (SSSR count). The van der Waals surface area contributed by atoms with E-state index in [-0.39, 0.29) is 34.7 Å². The summed E-state index contributed by atoms with van der Waals surface area (Å²) in [6.45, 7) is 3.94. The number of Topliss-reactive ketones (excluding diaryl/α,β-unsaturated/α-hetero) is 1. The summed E-state index contributed by atoms with van der Waals surface area (Å²) in [7, 11) is -2.22. The maximum Gasteiger partial charge on any atom is 0.252 e. The van der Waals surface area contributed by atoms with Crippen LogP contribution in [0.15, 0.2) is 10.3 Å². The average Bonchev–Trinajstić information content (AvgIpc) is 3.14. The van der Waals surface area contributed by atoms with Gasteiger partial charge in [-0.25, -0.2) is 8.42 Å². The number of ketones is 1. The lowest BCUT2D eigenvalue weighted by molar-refractivity contribution is -0.133. The fourth-order valence-electron chi connectivity index (χ4n) is 3.16. The van der Waals surface area contributed by atoms with Crippen LogP contribution in [0.4, 0.5) is 0 Å². The van der Waals surface area contributed by atoms with E-state index in [2.05, 4.69) is 0 Å². The molecule has 1 saturated heterocycles. The number of hydrogen-bond acceptors (Lipinski definition) is 7. The maximum atomic E-state index is 12.8. The van der Waals surface area contributed by atoms with Crippen LogP contribution in [0.25, 0.3) is 0 Å². The number of aliphatic hydroxyl groups is 1. The lowest BCUT2D eigenvalue weighted by atomic mass is 9.86. The normalized spacial score (nSPS) is 22.1. The summed E-state index contributed by atoms with van der Waals surface area (Å²) < 4.78 is 32.0. The first-order chi connectivity index (χ1) is 12.5. The smallest absolute Gasteiger partial charge is 0.252 e. The number of ether oxygens (including phenoxy) is 1. The van der Waals surface area contributed by atoms with Crippen molar-refractivity contribution in [2.75, 3.05) is 20.2 Å². The number of thiophene rings is 1. The minimum atomic E-state index is -3.75. The number of hydrogen-bond donors (Lipinski definition) is 2. The predicted octanol–water partition coefficient (Wildman–Crippen LogP) is 0.700. The number of sulfonamides is 1. The van der Waals surface area contributed by atoms with Gasteiger partial charge >= 0.3 is 0 Å². The van der Waals surface area contributed by atoms with Gasteiger partial charge < -0.3 is 15.6 Å². The summed E-state index contributed by atoms with van der Waals surface area (Å²) in [5, 5.41) is 10.1. The Morgan fingerprint density at radius 1 is 1.37 bits per heavy atom. The van der Waals surface area contributed by atoms with E-state index in [4.69, 9.17) is 10.5 Å². The minimum absolute atomic E-state index is 0.0254. The molecule has 8 nitrogen and oxygen atoms in total. The molecule has 1 saturated carbocycles. The van der Waals surface area contributed by atoms with Crippen LogP contribution < -0.4 is 5.73 Å². The number of rotatable bonds is 8. The number of primary amides is 1. The van der Waals surface area contributed by atoms with Crippen molar-refractivity contribution in [2.24, 2.45) is 11.7 Å². The van der Waals surface area contributed by atoms with Gasteiger partial charge in [-0.3, -0.25) is 9.59 Å². The second kappa shape index (κ2) is 6.93. The molecule has 2 fully saturated rings. The maximum absolute atomic E-state index is 12.8. The Labute approximate surface area is 162 Å². The molecule has 1 aromatic rings. The molecular weight excluding hydrogens is 392 g/mol. The van der Waals surface area contributed by atoms with Crippen molar-refractivity contribution in [3.8, 4) is 0 Å². The summed E-state index contributed by atoms with van der Waals surface area (Å²) in [6, 6.07) is 1.29. The van der Waals surface area contributed by atoms with Crippen LogP contribution in [-0.4, -0.2) is 61.4 Å². The molecule has 1 amide bonds. The summed E-state index contributed by atoms with van der Waals surface area (Å²) in [5.74, 6) is -2.03. The number of nitrogens with two attached hydrogens (primary N) is 1. The third-order valence-corrected chi connectivity index (χ3v) is 9.12. The summed E-state index contributed by atoms with van der Waals surface area (Å²) in [5.41, 5.74) is 4.28. The van der Waals surface area contributed by atoms with E-state index in [1.807, 2.05) is 0 Å². The highest BCUT2D eigenvalue weighted by Gasteiger charge is 2.50. The molecule has 0 bridgehead atoms.